The molecular weight excluding hydrogens is 370 g/mol. The second-order valence-corrected chi connectivity index (χ2v) is 7.41. The molecule has 0 radical (unpaired) electrons. The Morgan fingerprint density at radius 1 is 1.19 bits per heavy atom. The molecule has 2 aromatic rings. The molecule has 0 N–H and O–H groups in total. The molecule has 4 rings (SSSR count). The van der Waals surface area contributed by atoms with Gasteiger partial charge in [-0.2, -0.15) is 0 Å². The third-order valence-electron chi connectivity index (χ3n) is 4.88. The molecule has 1 saturated heterocycles. The monoisotopic (exact) mass is 387 g/mol. The third-order valence-corrected chi connectivity index (χ3v) is 5.63. The van der Waals surface area contributed by atoms with E-state index in [4.69, 9.17) is 4.74 Å². The second kappa shape index (κ2) is 7.07. The lowest BCUT2D eigenvalue weighted by atomic mass is 9.85. The van der Waals surface area contributed by atoms with E-state index < -0.39 is 5.97 Å². The average Bonchev–Trinajstić information content (AvgIpc) is 3.23. The van der Waals surface area contributed by atoms with Gasteiger partial charge in [0.2, 0.25) is 11.8 Å². The van der Waals surface area contributed by atoms with Gasteiger partial charge in [-0.15, -0.1) is 11.3 Å². The van der Waals surface area contributed by atoms with Gasteiger partial charge in [0.25, 0.3) is 5.56 Å². The molecule has 1 aliphatic carbocycles. The predicted octanol–water partition coefficient (Wildman–Crippen LogP) is 1.14. The molecule has 1 fully saturated rings. The van der Waals surface area contributed by atoms with Crippen LogP contribution in [0.4, 0.5) is 0 Å². The lowest BCUT2D eigenvalue weighted by Crippen LogP contribution is -2.33. The summed E-state index contributed by atoms with van der Waals surface area (Å²) < 4.78 is 6.56. The fraction of sp³-hybridized carbons (Fsp3) is 0.389. The van der Waals surface area contributed by atoms with Crippen molar-refractivity contribution < 1.29 is 19.1 Å². The summed E-state index contributed by atoms with van der Waals surface area (Å²) in [7, 11) is 0. The number of nitrogens with zero attached hydrogens (tertiary/aromatic N) is 3. The van der Waals surface area contributed by atoms with Crippen molar-refractivity contribution in [2.75, 3.05) is 6.54 Å². The van der Waals surface area contributed by atoms with Crippen molar-refractivity contribution in [1.29, 1.82) is 0 Å². The molecular formula is C18H17N3O5S. The zero-order chi connectivity index (χ0) is 19.0. The summed E-state index contributed by atoms with van der Waals surface area (Å²) in [5.74, 6) is -1.56. The normalized spacial score (nSPS) is 21.7. The smallest absolute Gasteiger partial charge is 0.307 e. The maximum Gasteiger partial charge on any atom is 0.307 e. The summed E-state index contributed by atoms with van der Waals surface area (Å²) in [5, 5.41) is 1.75. The van der Waals surface area contributed by atoms with Gasteiger partial charge in [-0.3, -0.25) is 28.5 Å². The van der Waals surface area contributed by atoms with Crippen LogP contribution in [0.1, 0.15) is 25.0 Å². The van der Waals surface area contributed by atoms with Crippen LogP contribution in [0.2, 0.25) is 0 Å². The Bertz CT molecular complexity index is 982. The summed E-state index contributed by atoms with van der Waals surface area (Å²) in [6, 6.07) is 1.32. The molecule has 8 nitrogen and oxygen atoms in total. The van der Waals surface area contributed by atoms with Crippen LogP contribution in [0.15, 0.2) is 34.6 Å². The molecule has 2 aromatic heterocycles. The summed E-state index contributed by atoms with van der Waals surface area (Å²) in [5.41, 5.74) is 0.123. The van der Waals surface area contributed by atoms with Crippen molar-refractivity contribution in [2.24, 2.45) is 11.8 Å². The van der Waals surface area contributed by atoms with E-state index in [1.807, 2.05) is 12.2 Å². The summed E-state index contributed by atoms with van der Waals surface area (Å²) >= 11 is 1.31. The zero-order valence-corrected chi connectivity index (χ0v) is 15.2. The number of carbonyl (C=O) groups is 3. The predicted molar refractivity (Wildman–Crippen MR) is 95.8 cm³/mol. The van der Waals surface area contributed by atoms with Gasteiger partial charge in [0.15, 0.2) is 4.96 Å². The van der Waals surface area contributed by atoms with Gasteiger partial charge in [-0.25, -0.2) is 4.98 Å². The van der Waals surface area contributed by atoms with E-state index >= 15 is 0 Å². The van der Waals surface area contributed by atoms with Crippen molar-refractivity contribution in [1.82, 2.24) is 14.3 Å². The second-order valence-electron chi connectivity index (χ2n) is 6.54. The van der Waals surface area contributed by atoms with E-state index in [0.717, 1.165) is 0 Å². The number of ether oxygens (including phenoxy) is 1. The Morgan fingerprint density at radius 2 is 1.89 bits per heavy atom. The molecule has 27 heavy (non-hydrogen) atoms. The molecule has 0 unspecified atom stereocenters. The summed E-state index contributed by atoms with van der Waals surface area (Å²) in [6.45, 7) is -0.108. The van der Waals surface area contributed by atoms with Gasteiger partial charge in [-0.1, -0.05) is 12.2 Å². The van der Waals surface area contributed by atoms with Crippen LogP contribution >= 0.6 is 11.3 Å². The highest BCUT2D eigenvalue weighted by Crippen LogP contribution is 2.34. The maximum absolute atomic E-state index is 12.4. The van der Waals surface area contributed by atoms with Crippen molar-refractivity contribution in [3.8, 4) is 0 Å². The number of fused-ring (bicyclic) bond motifs is 2. The molecule has 0 saturated carbocycles. The van der Waals surface area contributed by atoms with Crippen LogP contribution in [-0.2, 0) is 25.7 Å². The van der Waals surface area contributed by atoms with Gasteiger partial charge in [0.1, 0.15) is 6.61 Å². The molecule has 140 valence electrons. The Hall–Kier alpha value is -2.81. The van der Waals surface area contributed by atoms with Gasteiger partial charge < -0.3 is 4.74 Å². The van der Waals surface area contributed by atoms with E-state index in [0.29, 0.717) is 23.5 Å². The number of esters is 1. The van der Waals surface area contributed by atoms with E-state index in [1.165, 1.54) is 26.7 Å². The molecule has 0 bridgehead atoms. The van der Waals surface area contributed by atoms with Crippen LogP contribution in [0.25, 0.3) is 4.96 Å². The Labute approximate surface area is 158 Å². The first kappa shape index (κ1) is 17.6. The number of likely N-dealkylation sites (tertiary alicyclic amines) is 1. The number of amides is 2. The summed E-state index contributed by atoms with van der Waals surface area (Å²) in [4.78, 5) is 54.6. The number of hydrogen-bond acceptors (Lipinski definition) is 7. The first-order chi connectivity index (χ1) is 13.0. The lowest BCUT2D eigenvalue weighted by Gasteiger charge is -2.14. The number of allylic oxidation sites excluding steroid dienone is 2. The topological polar surface area (TPSA) is 98.0 Å². The molecule has 0 spiro atoms. The van der Waals surface area contributed by atoms with Gasteiger partial charge in [0, 0.05) is 24.2 Å². The van der Waals surface area contributed by atoms with Crippen molar-refractivity contribution in [3.05, 3.63) is 45.8 Å². The highest BCUT2D eigenvalue weighted by molar-refractivity contribution is 7.15. The van der Waals surface area contributed by atoms with Crippen molar-refractivity contribution in [3.63, 3.8) is 0 Å². The van der Waals surface area contributed by atoms with Crippen molar-refractivity contribution in [2.45, 2.75) is 25.9 Å². The van der Waals surface area contributed by atoms with Crippen LogP contribution < -0.4 is 5.56 Å². The van der Waals surface area contributed by atoms with Gasteiger partial charge >= 0.3 is 5.97 Å². The molecule has 2 amide bonds. The van der Waals surface area contributed by atoms with E-state index in [2.05, 4.69) is 4.98 Å². The molecule has 3 heterocycles. The lowest BCUT2D eigenvalue weighted by molar-refractivity contribution is -0.146. The molecule has 1 aliphatic heterocycles. The van der Waals surface area contributed by atoms with Crippen LogP contribution in [0.5, 0.6) is 0 Å². The Morgan fingerprint density at radius 3 is 2.59 bits per heavy atom. The fourth-order valence-corrected chi connectivity index (χ4v) is 4.22. The summed E-state index contributed by atoms with van der Waals surface area (Å²) in [6.07, 6.45) is 6.53. The SMILES string of the molecule is O=C(CCN1C(=O)[C@H]2CC=CC[C@@H]2C1=O)OCc1cc(=O)n2ccsc2n1. The van der Waals surface area contributed by atoms with E-state index in [1.54, 1.807) is 11.6 Å². The molecule has 9 heteroatoms. The van der Waals surface area contributed by atoms with Gasteiger partial charge in [-0.05, 0) is 12.8 Å². The average molecular weight is 387 g/mol. The van der Waals surface area contributed by atoms with Crippen LogP contribution in [0.3, 0.4) is 0 Å². The largest absolute Gasteiger partial charge is 0.459 e. The number of imide groups is 1. The highest BCUT2D eigenvalue weighted by atomic mass is 32.1. The Balaban J connectivity index is 1.32. The number of carbonyl (C=O) groups excluding carboxylic acids is 3. The number of aromatic nitrogens is 2. The Kier molecular flexibility index (Phi) is 4.61. The highest BCUT2D eigenvalue weighted by Gasteiger charge is 2.46. The first-order valence-corrected chi connectivity index (χ1v) is 9.54. The minimum atomic E-state index is -0.545. The van der Waals surface area contributed by atoms with E-state index in [-0.39, 0.29) is 48.8 Å². The number of rotatable bonds is 5. The van der Waals surface area contributed by atoms with Gasteiger partial charge in [0.05, 0.1) is 24.0 Å². The third kappa shape index (κ3) is 3.30. The maximum atomic E-state index is 12.4. The number of hydrogen-bond donors (Lipinski definition) is 0. The van der Waals surface area contributed by atoms with Crippen molar-refractivity contribution >= 4 is 34.1 Å². The zero-order valence-electron chi connectivity index (χ0n) is 14.4. The first-order valence-electron chi connectivity index (χ1n) is 8.66. The molecule has 2 aliphatic rings. The van der Waals surface area contributed by atoms with Crippen LogP contribution in [0, 0.1) is 11.8 Å². The quantitative estimate of drug-likeness (QED) is 0.434. The van der Waals surface area contributed by atoms with E-state index in [9.17, 15) is 19.2 Å². The molecule has 2 atom stereocenters. The minimum Gasteiger partial charge on any atom is -0.459 e. The van der Waals surface area contributed by atoms with Crippen LogP contribution in [-0.4, -0.2) is 38.6 Å². The number of thiazole rings is 1. The molecule has 0 aromatic carbocycles. The standard InChI is InChI=1S/C18H17N3O5S/c22-14-9-11(19-18-20(14)7-8-27-18)10-26-15(23)5-6-21-16(24)12-3-1-2-4-13(12)17(21)25/h1-2,7-9,12-13H,3-6,10H2/t12-,13-/m0/s1. The minimum absolute atomic E-state index is 0.0174. The fourth-order valence-electron chi connectivity index (χ4n) is 3.48.